The molecule has 2 rings (SSSR count). The molecule has 1 aromatic heterocycles. The van der Waals surface area contributed by atoms with E-state index < -0.39 is 0 Å². The molecule has 0 saturated carbocycles. The maximum absolute atomic E-state index is 12.4. The summed E-state index contributed by atoms with van der Waals surface area (Å²) >= 11 is 0. The highest BCUT2D eigenvalue weighted by molar-refractivity contribution is 5.79. The number of nitrogens with one attached hydrogen (secondary N) is 1. The molecule has 1 amide bonds. The summed E-state index contributed by atoms with van der Waals surface area (Å²) in [4.78, 5) is 14.8. The number of rotatable bonds is 7. The van der Waals surface area contributed by atoms with Gasteiger partial charge in [-0.2, -0.15) is 5.10 Å². The van der Waals surface area contributed by atoms with Gasteiger partial charge in [-0.1, -0.05) is 0 Å². The Bertz CT molecular complexity index is 507. The van der Waals surface area contributed by atoms with E-state index in [0.717, 1.165) is 57.0 Å². The molecule has 1 N–H and O–H groups in total. The van der Waals surface area contributed by atoms with E-state index in [1.165, 1.54) is 0 Å². The van der Waals surface area contributed by atoms with Crippen molar-refractivity contribution in [1.29, 1.82) is 0 Å². The molecule has 0 bridgehead atoms. The Hall–Kier alpha value is -1.40. The molecule has 0 spiro atoms. The van der Waals surface area contributed by atoms with Crippen molar-refractivity contribution in [2.45, 2.75) is 39.7 Å². The summed E-state index contributed by atoms with van der Waals surface area (Å²) in [6.07, 6.45) is 2.27. The van der Waals surface area contributed by atoms with Gasteiger partial charge in [-0.05, 0) is 58.7 Å². The molecule has 0 aromatic carbocycles. The number of nitrogens with zero attached hydrogens (tertiary/aromatic N) is 3. The van der Waals surface area contributed by atoms with Crippen LogP contribution in [0.4, 0.5) is 0 Å². The van der Waals surface area contributed by atoms with E-state index in [-0.39, 0.29) is 11.9 Å². The smallest absolute Gasteiger partial charge is 0.244 e. The molecule has 1 atom stereocenters. The molecule has 23 heavy (non-hydrogen) atoms. The molecule has 6 heteroatoms. The Morgan fingerprint density at radius 3 is 2.70 bits per heavy atom. The maximum Gasteiger partial charge on any atom is 0.244 e. The monoisotopic (exact) mass is 322 g/mol. The summed E-state index contributed by atoms with van der Waals surface area (Å²) in [6, 6.07) is 1.74. The third kappa shape index (κ3) is 5.04. The van der Waals surface area contributed by atoms with E-state index in [4.69, 9.17) is 4.74 Å². The lowest BCUT2D eigenvalue weighted by molar-refractivity contribution is -0.124. The van der Waals surface area contributed by atoms with Crippen LogP contribution in [0.3, 0.4) is 0 Å². The molecule has 0 aliphatic carbocycles. The van der Waals surface area contributed by atoms with Crippen molar-refractivity contribution in [3.8, 4) is 0 Å². The van der Waals surface area contributed by atoms with Crippen LogP contribution >= 0.6 is 0 Å². The Morgan fingerprint density at radius 2 is 2.13 bits per heavy atom. The number of amides is 1. The highest BCUT2D eigenvalue weighted by Crippen LogP contribution is 2.17. The van der Waals surface area contributed by atoms with Crippen LogP contribution in [0, 0.1) is 19.8 Å². The number of methoxy groups -OCH3 is 1. The number of ether oxygens (including phenoxy) is 1. The van der Waals surface area contributed by atoms with E-state index >= 15 is 0 Å². The number of aryl methyl sites for hydroxylation is 2. The molecule has 1 fully saturated rings. The van der Waals surface area contributed by atoms with Gasteiger partial charge in [0, 0.05) is 25.9 Å². The Kier molecular flexibility index (Phi) is 6.59. The van der Waals surface area contributed by atoms with Gasteiger partial charge in [-0.15, -0.1) is 0 Å². The first-order valence-electron chi connectivity index (χ1n) is 8.53. The van der Waals surface area contributed by atoms with Crippen LogP contribution in [0.15, 0.2) is 6.07 Å². The van der Waals surface area contributed by atoms with E-state index in [2.05, 4.69) is 15.3 Å². The van der Waals surface area contributed by atoms with Crippen molar-refractivity contribution in [1.82, 2.24) is 20.0 Å². The minimum Gasteiger partial charge on any atom is -0.383 e. The lowest BCUT2D eigenvalue weighted by atomic mass is 9.96. The highest BCUT2D eigenvalue weighted by atomic mass is 16.5. The van der Waals surface area contributed by atoms with Crippen molar-refractivity contribution in [2.24, 2.45) is 5.92 Å². The van der Waals surface area contributed by atoms with E-state index in [1.807, 2.05) is 26.8 Å². The first kappa shape index (κ1) is 17.9. The van der Waals surface area contributed by atoms with Crippen LogP contribution in [-0.4, -0.2) is 60.5 Å². The topological polar surface area (TPSA) is 59.4 Å². The first-order chi connectivity index (χ1) is 11.0. The van der Waals surface area contributed by atoms with Gasteiger partial charge in [0.15, 0.2) is 0 Å². The van der Waals surface area contributed by atoms with Crippen LogP contribution in [0.1, 0.15) is 37.2 Å². The van der Waals surface area contributed by atoms with E-state index in [1.54, 1.807) is 11.8 Å². The van der Waals surface area contributed by atoms with Crippen molar-refractivity contribution in [2.75, 3.05) is 39.9 Å². The number of piperidine rings is 1. The van der Waals surface area contributed by atoms with Crippen molar-refractivity contribution >= 4 is 5.91 Å². The molecule has 1 aliphatic heterocycles. The molecule has 0 unspecified atom stereocenters. The molecular formula is C17H30N4O2. The fraction of sp³-hybridized carbons (Fsp3) is 0.765. The third-order valence-electron chi connectivity index (χ3n) is 4.67. The second-order valence-corrected chi connectivity index (χ2v) is 6.57. The van der Waals surface area contributed by atoms with Gasteiger partial charge in [0.25, 0.3) is 0 Å². The quantitative estimate of drug-likeness (QED) is 0.827. The van der Waals surface area contributed by atoms with Crippen LogP contribution in [-0.2, 0) is 9.53 Å². The standard InChI is InChI=1S/C17H30N4O2/c1-13-11-14(2)21(19-13)15(3)17(22)18-12-16-5-7-20(8-6-16)9-10-23-4/h11,15-16H,5-10,12H2,1-4H3,(H,18,22)/t15-/m1/s1. The molecule has 6 nitrogen and oxygen atoms in total. The summed E-state index contributed by atoms with van der Waals surface area (Å²) in [6.45, 7) is 10.6. The minimum absolute atomic E-state index is 0.0537. The van der Waals surface area contributed by atoms with Crippen molar-refractivity contribution < 1.29 is 9.53 Å². The van der Waals surface area contributed by atoms with Crippen LogP contribution in [0.2, 0.25) is 0 Å². The van der Waals surface area contributed by atoms with Gasteiger partial charge in [0.2, 0.25) is 5.91 Å². The van der Waals surface area contributed by atoms with Crippen LogP contribution in [0.25, 0.3) is 0 Å². The summed E-state index contributed by atoms with van der Waals surface area (Å²) in [5.74, 6) is 0.628. The predicted octanol–water partition coefficient (Wildman–Crippen LogP) is 1.54. The zero-order valence-electron chi connectivity index (χ0n) is 14.8. The summed E-state index contributed by atoms with van der Waals surface area (Å²) in [5, 5.41) is 7.50. The van der Waals surface area contributed by atoms with Crippen molar-refractivity contribution in [3.05, 3.63) is 17.5 Å². The minimum atomic E-state index is -0.259. The van der Waals surface area contributed by atoms with Gasteiger partial charge in [-0.25, -0.2) is 0 Å². The molecule has 0 radical (unpaired) electrons. The average Bonchev–Trinajstić information content (AvgIpc) is 2.89. The number of aromatic nitrogens is 2. The molecule has 1 saturated heterocycles. The zero-order chi connectivity index (χ0) is 16.8. The summed E-state index contributed by atoms with van der Waals surface area (Å²) in [5.41, 5.74) is 1.97. The van der Waals surface area contributed by atoms with Gasteiger partial charge in [-0.3, -0.25) is 9.48 Å². The molecule has 1 aliphatic rings. The van der Waals surface area contributed by atoms with Crippen molar-refractivity contribution in [3.63, 3.8) is 0 Å². The molecule has 130 valence electrons. The zero-order valence-corrected chi connectivity index (χ0v) is 14.8. The second kappa shape index (κ2) is 8.45. The van der Waals surface area contributed by atoms with E-state index in [0.29, 0.717) is 5.92 Å². The Labute approximate surface area is 139 Å². The molecule has 1 aromatic rings. The lowest BCUT2D eigenvalue weighted by Crippen LogP contribution is -2.41. The SMILES string of the molecule is COCCN1CCC(CNC(=O)[C@@H](C)n2nc(C)cc2C)CC1. The highest BCUT2D eigenvalue weighted by Gasteiger charge is 2.22. The maximum atomic E-state index is 12.4. The number of likely N-dealkylation sites (tertiary alicyclic amines) is 1. The fourth-order valence-electron chi connectivity index (χ4n) is 3.18. The van der Waals surface area contributed by atoms with Crippen LogP contribution in [0.5, 0.6) is 0 Å². The fourth-order valence-corrected chi connectivity index (χ4v) is 3.18. The van der Waals surface area contributed by atoms with E-state index in [9.17, 15) is 4.79 Å². The predicted molar refractivity (Wildman–Crippen MR) is 90.5 cm³/mol. The normalized spacial score (nSPS) is 18.1. The number of carbonyl (C=O) groups excluding carboxylic acids is 1. The third-order valence-corrected chi connectivity index (χ3v) is 4.67. The Balaban J connectivity index is 1.74. The molecular weight excluding hydrogens is 292 g/mol. The number of carbonyl (C=O) groups is 1. The summed E-state index contributed by atoms with van der Waals surface area (Å²) < 4.78 is 6.93. The van der Waals surface area contributed by atoms with Gasteiger partial charge in [0.05, 0.1) is 12.3 Å². The van der Waals surface area contributed by atoms with Gasteiger partial charge >= 0.3 is 0 Å². The second-order valence-electron chi connectivity index (χ2n) is 6.57. The van der Waals surface area contributed by atoms with Gasteiger partial charge < -0.3 is 15.0 Å². The first-order valence-corrected chi connectivity index (χ1v) is 8.53. The molecule has 2 heterocycles. The number of hydrogen-bond acceptors (Lipinski definition) is 4. The largest absolute Gasteiger partial charge is 0.383 e. The Morgan fingerprint density at radius 1 is 1.43 bits per heavy atom. The van der Waals surface area contributed by atoms with Gasteiger partial charge in [0.1, 0.15) is 6.04 Å². The summed E-state index contributed by atoms with van der Waals surface area (Å²) in [7, 11) is 1.74. The average molecular weight is 322 g/mol. The number of hydrogen-bond donors (Lipinski definition) is 1. The van der Waals surface area contributed by atoms with Crippen LogP contribution < -0.4 is 5.32 Å². The lowest BCUT2D eigenvalue weighted by Gasteiger charge is -2.32.